The molecule has 0 unspecified atom stereocenters. The van der Waals surface area contributed by atoms with Gasteiger partial charge < -0.3 is 10.6 Å². The first kappa shape index (κ1) is 18.4. The molecule has 0 aliphatic heterocycles. The number of anilines is 1. The number of hydrogen-bond donors (Lipinski definition) is 2. The number of halogens is 1. The summed E-state index contributed by atoms with van der Waals surface area (Å²) >= 11 is 11.4. The molecule has 0 saturated carbocycles. The third kappa shape index (κ3) is 4.62. The van der Waals surface area contributed by atoms with Gasteiger partial charge in [-0.2, -0.15) is 10.2 Å². The summed E-state index contributed by atoms with van der Waals surface area (Å²) in [6.45, 7) is 6.28. The van der Waals surface area contributed by atoms with Gasteiger partial charge >= 0.3 is 0 Å². The van der Waals surface area contributed by atoms with Crippen molar-refractivity contribution in [3.63, 3.8) is 0 Å². The number of nitrogens with zero attached hydrogens (tertiary/aromatic N) is 4. The first-order valence-electron chi connectivity index (χ1n) is 8.38. The number of aromatic nitrogens is 4. The Hall–Kier alpha value is -2.38. The van der Waals surface area contributed by atoms with Crippen molar-refractivity contribution < 1.29 is 0 Å². The van der Waals surface area contributed by atoms with E-state index in [2.05, 4.69) is 34.7 Å². The maximum absolute atomic E-state index is 6.02. The molecule has 0 bridgehead atoms. The van der Waals surface area contributed by atoms with E-state index >= 15 is 0 Å². The Labute approximate surface area is 163 Å². The minimum absolute atomic E-state index is 0.552. The predicted molar refractivity (Wildman–Crippen MR) is 108 cm³/mol. The summed E-state index contributed by atoms with van der Waals surface area (Å²) in [5, 5.41) is 16.3. The first-order valence-corrected chi connectivity index (χ1v) is 9.17. The summed E-state index contributed by atoms with van der Waals surface area (Å²) < 4.78 is 3.80. The van der Waals surface area contributed by atoms with Crippen LogP contribution in [-0.2, 0) is 19.6 Å². The van der Waals surface area contributed by atoms with Crippen molar-refractivity contribution in [3.05, 3.63) is 64.7 Å². The summed E-state index contributed by atoms with van der Waals surface area (Å²) in [5.41, 5.74) is 4.21. The molecular weight excluding hydrogens is 368 g/mol. The molecule has 3 rings (SSSR count). The minimum Gasteiger partial charge on any atom is -0.358 e. The number of benzene rings is 1. The van der Waals surface area contributed by atoms with Crippen molar-refractivity contribution in [1.82, 2.24) is 24.9 Å². The molecule has 0 atom stereocenters. The molecule has 26 heavy (non-hydrogen) atoms. The molecule has 136 valence electrons. The Morgan fingerprint density at radius 1 is 1.27 bits per heavy atom. The second-order valence-corrected chi connectivity index (χ2v) is 6.78. The van der Waals surface area contributed by atoms with E-state index in [4.69, 9.17) is 23.8 Å². The molecule has 0 radical (unpaired) electrons. The van der Waals surface area contributed by atoms with E-state index in [9.17, 15) is 0 Å². The van der Waals surface area contributed by atoms with Crippen LogP contribution in [0, 0.1) is 6.92 Å². The summed E-state index contributed by atoms with van der Waals surface area (Å²) in [5.74, 6) is 0. The maximum Gasteiger partial charge on any atom is 0.171 e. The zero-order valence-corrected chi connectivity index (χ0v) is 16.3. The highest BCUT2D eigenvalue weighted by molar-refractivity contribution is 7.80. The van der Waals surface area contributed by atoms with Crippen LogP contribution in [0.25, 0.3) is 0 Å². The van der Waals surface area contributed by atoms with Crippen molar-refractivity contribution in [2.45, 2.75) is 33.5 Å². The summed E-state index contributed by atoms with van der Waals surface area (Å²) in [6, 6.07) is 7.74. The van der Waals surface area contributed by atoms with Crippen molar-refractivity contribution in [2.75, 3.05) is 5.32 Å². The van der Waals surface area contributed by atoms with E-state index in [0.717, 1.165) is 34.1 Å². The standard InChI is InChI=1S/C18H21ClN6S/c1-3-25-13(2)15(9-22-25)8-20-18(26)23-17-10-21-24(12-17)11-14-5-4-6-16(19)7-14/h4-7,9-10,12H,3,8,11H2,1-2H3,(H2,20,23,26). The van der Waals surface area contributed by atoms with Crippen LogP contribution in [0.15, 0.2) is 42.9 Å². The zero-order chi connectivity index (χ0) is 18.5. The van der Waals surface area contributed by atoms with Crippen molar-refractivity contribution in [1.29, 1.82) is 0 Å². The van der Waals surface area contributed by atoms with E-state index in [1.165, 1.54) is 0 Å². The van der Waals surface area contributed by atoms with Gasteiger partial charge in [0.05, 0.1) is 24.6 Å². The smallest absolute Gasteiger partial charge is 0.171 e. The van der Waals surface area contributed by atoms with Crippen LogP contribution < -0.4 is 10.6 Å². The molecule has 0 spiro atoms. The molecule has 1 aromatic carbocycles. The molecule has 0 fully saturated rings. The Balaban J connectivity index is 1.53. The van der Waals surface area contributed by atoms with E-state index in [1.54, 1.807) is 6.20 Å². The summed E-state index contributed by atoms with van der Waals surface area (Å²) in [7, 11) is 0. The Bertz CT molecular complexity index is 901. The van der Waals surface area contributed by atoms with Gasteiger partial charge in [0.2, 0.25) is 0 Å². The molecule has 2 N–H and O–H groups in total. The van der Waals surface area contributed by atoms with E-state index in [1.807, 2.05) is 46.0 Å². The topological polar surface area (TPSA) is 59.7 Å². The third-order valence-corrected chi connectivity index (χ3v) is 4.55. The van der Waals surface area contributed by atoms with E-state index in [0.29, 0.717) is 18.2 Å². The lowest BCUT2D eigenvalue weighted by atomic mass is 10.2. The Morgan fingerprint density at radius 3 is 2.85 bits per heavy atom. The average Bonchev–Trinajstić information content (AvgIpc) is 3.19. The maximum atomic E-state index is 6.02. The minimum atomic E-state index is 0.552. The van der Waals surface area contributed by atoms with Crippen LogP contribution in [-0.4, -0.2) is 24.7 Å². The molecule has 0 amide bonds. The van der Waals surface area contributed by atoms with Gasteiger partial charge in [-0.05, 0) is 43.8 Å². The lowest BCUT2D eigenvalue weighted by molar-refractivity contribution is 0.638. The van der Waals surface area contributed by atoms with Crippen LogP contribution in [0.1, 0.15) is 23.7 Å². The second kappa shape index (κ2) is 8.33. The predicted octanol–water partition coefficient (Wildman–Crippen LogP) is 3.60. The van der Waals surface area contributed by atoms with Gasteiger partial charge in [-0.3, -0.25) is 9.36 Å². The van der Waals surface area contributed by atoms with Gasteiger partial charge in [-0.1, -0.05) is 23.7 Å². The summed E-state index contributed by atoms with van der Waals surface area (Å²) in [6.07, 6.45) is 5.53. The van der Waals surface area contributed by atoms with Gasteiger partial charge in [0, 0.05) is 35.6 Å². The fourth-order valence-electron chi connectivity index (χ4n) is 2.67. The van der Waals surface area contributed by atoms with Gasteiger partial charge in [0.25, 0.3) is 0 Å². The molecule has 0 aliphatic rings. The zero-order valence-electron chi connectivity index (χ0n) is 14.7. The fourth-order valence-corrected chi connectivity index (χ4v) is 3.07. The van der Waals surface area contributed by atoms with Crippen LogP contribution in [0.3, 0.4) is 0 Å². The van der Waals surface area contributed by atoms with Gasteiger partial charge in [0.1, 0.15) is 0 Å². The highest BCUT2D eigenvalue weighted by atomic mass is 35.5. The number of aryl methyl sites for hydroxylation is 1. The molecule has 2 heterocycles. The number of hydrogen-bond acceptors (Lipinski definition) is 3. The van der Waals surface area contributed by atoms with Crippen LogP contribution in [0.5, 0.6) is 0 Å². The molecule has 0 saturated heterocycles. The van der Waals surface area contributed by atoms with E-state index < -0.39 is 0 Å². The monoisotopic (exact) mass is 388 g/mol. The van der Waals surface area contributed by atoms with Gasteiger partial charge in [-0.25, -0.2) is 0 Å². The first-order chi connectivity index (χ1) is 12.5. The molecule has 6 nitrogen and oxygen atoms in total. The van der Waals surface area contributed by atoms with Crippen LogP contribution >= 0.6 is 23.8 Å². The highest BCUT2D eigenvalue weighted by Crippen LogP contribution is 2.13. The van der Waals surface area contributed by atoms with Crippen molar-refractivity contribution in [3.8, 4) is 0 Å². The molecule has 0 aliphatic carbocycles. The second-order valence-electron chi connectivity index (χ2n) is 5.94. The third-order valence-electron chi connectivity index (χ3n) is 4.07. The van der Waals surface area contributed by atoms with Gasteiger partial charge in [-0.15, -0.1) is 0 Å². The number of thiocarbonyl (C=S) groups is 1. The van der Waals surface area contributed by atoms with Crippen molar-refractivity contribution in [2.24, 2.45) is 0 Å². The number of rotatable bonds is 6. The molecule has 2 aromatic heterocycles. The molecular formula is C18H21ClN6S. The normalized spacial score (nSPS) is 10.7. The average molecular weight is 389 g/mol. The highest BCUT2D eigenvalue weighted by Gasteiger charge is 2.07. The lowest BCUT2D eigenvalue weighted by Crippen LogP contribution is -2.27. The van der Waals surface area contributed by atoms with Crippen LogP contribution in [0.4, 0.5) is 5.69 Å². The Kier molecular flexibility index (Phi) is 5.90. The van der Waals surface area contributed by atoms with Gasteiger partial charge in [0.15, 0.2) is 5.11 Å². The fraction of sp³-hybridized carbons (Fsp3) is 0.278. The lowest BCUT2D eigenvalue weighted by Gasteiger charge is -2.09. The summed E-state index contributed by atoms with van der Waals surface area (Å²) in [4.78, 5) is 0. The molecule has 8 heteroatoms. The van der Waals surface area contributed by atoms with E-state index in [-0.39, 0.29) is 0 Å². The largest absolute Gasteiger partial charge is 0.358 e. The SMILES string of the molecule is CCn1ncc(CNC(=S)Nc2cnn(Cc3cccc(Cl)c3)c2)c1C. The molecule has 3 aromatic rings. The van der Waals surface area contributed by atoms with Crippen LogP contribution in [0.2, 0.25) is 5.02 Å². The van der Waals surface area contributed by atoms with Crippen molar-refractivity contribution >= 4 is 34.6 Å². The Morgan fingerprint density at radius 2 is 2.12 bits per heavy atom. The number of nitrogens with one attached hydrogen (secondary N) is 2. The quantitative estimate of drug-likeness (QED) is 0.632.